The minimum absolute atomic E-state index is 0.0457. The molecule has 0 saturated carbocycles. The lowest BCUT2D eigenvalue weighted by Crippen LogP contribution is -2.28. The summed E-state index contributed by atoms with van der Waals surface area (Å²) in [4.78, 5) is 31.3. The molecule has 0 bridgehead atoms. The summed E-state index contributed by atoms with van der Waals surface area (Å²) in [5.41, 5.74) is 7.98. The molecule has 0 saturated heterocycles. The van der Waals surface area contributed by atoms with Crippen LogP contribution in [0.3, 0.4) is 0 Å². The van der Waals surface area contributed by atoms with Gasteiger partial charge in [-0.1, -0.05) is 25.5 Å². The number of nitrogens with zero attached hydrogens (tertiary/aromatic N) is 2. The highest BCUT2D eigenvalue weighted by Crippen LogP contribution is 2.40. The predicted octanol–water partition coefficient (Wildman–Crippen LogP) is 3.75. The molecule has 3 aromatic rings. The summed E-state index contributed by atoms with van der Waals surface area (Å²) in [7, 11) is 1.62. The summed E-state index contributed by atoms with van der Waals surface area (Å²) in [6.07, 6.45) is 0.0963. The maximum absolute atomic E-state index is 13.5. The second-order valence-corrected chi connectivity index (χ2v) is 8.42. The fourth-order valence-electron chi connectivity index (χ4n) is 3.43. The normalized spacial score (nSPS) is 11.4. The van der Waals surface area contributed by atoms with Crippen molar-refractivity contribution in [3.63, 3.8) is 0 Å². The Balaban J connectivity index is 2.36. The van der Waals surface area contributed by atoms with E-state index in [0.717, 1.165) is 21.6 Å². The first kappa shape index (κ1) is 20.1. The van der Waals surface area contributed by atoms with Crippen LogP contribution in [-0.2, 0) is 11.3 Å². The van der Waals surface area contributed by atoms with Crippen LogP contribution in [0.4, 0.5) is 0 Å². The maximum Gasteiger partial charge on any atom is 0.262 e. The Bertz CT molecular complexity index is 1110. The number of carbonyl (C=O) groups excluding carboxylic acids is 1. The van der Waals surface area contributed by atoms with Gasteiger partial charge in [0.25, 0.3) is 5.56 Å². The third-order valence-corrected chi connectivity index (χ3v) is 5.74. The molecule has 0 atom stereocenters. The van der Waals surface area contributed by atoms with Gasteiger partial charge in [-0.25, -0.2) is 4.98 Å². The standard InChI is InChI=1S/C21H25N3O3S/c1-11(2)19-23-20-18(21(26)24(19)9-8-16(22)25)17(13(4)28-20)14-10-12(3)6-7-15(14)27-5/h6-7,10-11H,8-9H2,1-5H3,(H2,22,25). The van der Waals surface area contributed by atoms with Crippen LogP contribution in [0.1, 0.15) is 42.5 Å². The Labute approximate surface area is 168 Å². The van der Waals surface area contributed by atoms with Crippen LogP contribution in [0, 0.1) is 13.8 Å². The van der Waals surface area contributed by atoms with Crippen LogP contribution < -0.4 is 16.0 Å². The number of ether oxygens (including phenoxy) is 1. The van der Waals surface area contributed by atoms with E-state index in [0.29, 0.717) is 21.8 Å². The number of aromatic nitrogens is 2. The minimum Gasteiger partial charge on any atom is -0.496 e. The number of carbonyl (C=O) groups is 1. The van der Waals surface area contributed by atoms with Gasteiger partial charge < -0.3 is 10.5 Å². The number of primary amides is 1. The molecule has 148 valence electrons. The van der Waals surface area contributed by atoms with Gasteiger partial charge in [0.1, 0.15) is 16.4 Å². The Hall–Kier alpha value is -2.67. The van der Waals surface area contributed by atoms with Crippen molar-refractivity contribution in [1.29, 1.82) is 0 Å². The molecule has 0 unspecified atom stereocenters. The van der Waals surface area contributed by atoms with Gasteiger partial charge in [-0.3, -0.25) is 14.2 Å². The van der Waals surface area contributed by atoms with Gasteiger partial charge in [0.05, 0.1) is 12.5 Å². The molecule has 2 heterocycles. The third kappa shape index (κ3) is 3.54. The Morgan fingerprint density at radius 1 is 1.32 bits per heavy atom. The van der Waals surface area contributed by atoms with E-state index in [1.807, 2.05) is 45.9 Å². The fraction of sp³-hybridized carbons (Fsp3) is 0.381. The van der Waals surface area contributed by atoms with Crippen molar-refractivity contribution in [3.8, 4) is 16.9 Å². The largest absolute Gasteiger partial charge is 0.496 e. The zero-order valence-corrected chi connectivity index (χ0v) is 17.6. The monoisotopic (exact) mass is 399 g/mol. The van der Waals surface area contributed by atoms with Gasteiger partial charge in [-0.2, -0.15) is 0 Å². The highest BCUT2D eigenvalue weighted by Gasteiger charge is 2.23. The van der Waals surface area contributed by atoms with E-state index in [1.165, 1.54) is 11.3 Å². The molecule has 28 heavy (non-hydrogen) atoms. The molecule has 1 amide bonds. The van der Waals surface area contributed by atoms with Gasteiger partial charge in [0.2, 0.25) is 5.91 Å². The number of aryl methyl sites for hydroxylation is 2. The van der Waals surface area contributed by atoms with Gasteiger partial charge in [-0.15, -0.1) is 11.3 Å². The average molecular weight is 400 g/mol. The third-order valence-electron chi connectivity index (χ3n) is 4.74. The second-order valence-electron chi connectivity index (χ2n) is 7.21. The topological polar surface area (TPSA) is 87.2 Å². The van der Waals surface area contributed by atoms with Crippen molar-refractivity contribution in [2.75, 3.05) is 7.11 Å². The number of methoxy groups -OCH3 is 1. The number of thiophene rings is 1. The van der Waals surface area contributed by atoms with Crippen molar-refractivity contribution < 1.29 is 9.53 Å². The summed E-state index contributed by atoms with van der Waals surface area (Å²) in [5.74, 6) is 0.986. The minimum atomic E-state index is -0.441. The summed E-state index contributed by atoms with van der Waals surface area (Å²) in [6.45, 7) is 8.20. The Kier molecular flexibility index (Phi) is 5.56. The van der Waals surface area contributed by atoms with E-state index in [-0.39, 0.29) is 24.4 Å². The summed E-state index contributed by atoms with van der Waals surface area (Å²) < 4.78 is 7.15. The number of benzene rings is 1. The van der Waals surface area contributed by atoms with Gasteiger partial charge in [0, 0.05) is 34.9 Å². The van der Waals surface area contributed by atoms with E-state index >= 15 is 0 Å². The number of hydrogen-bond acceptors (Lipinski definition) is 5. The summed E-state index contributed by atoms with van der Waals surface area (Å²) in [5, 5.41) is 0.570. The van der Waals surface area contributed by atoms with Crippen LogP contribution in [0.5, 0.6) is 5.75 Å². The van der Waals surface area contributed by atoms with E-state index in [4.69, 9.17) is 15.5 Å². The molecule has 3 rings (SSSR count). The lowest BCUT2D eigenvalue weighted by molar-refractivity contribution is -0.118. The summed E-state index contributed by atoms with van der Waals surface area (Å²) in [6, 6.07) is 5.92. The first-order chi connectivity index (χ1) is 13.2. The molecule has 0 spiro atoms. The molecule has 0 fully saturated rings. The molecule has 2 N–H and O–H groups in total. The molecule has 0 aliphatic carbocycles. The first-order valence-electron chi connectivity index (χ1n) is 9.21. The van der Waals surface area contributed by atoms with Crippen LogP contribution in [0.15, 0.2) is 23.0 Å². The van der Waals surface area contributed by atoms with Crippen molar-refractivity contribution in [3.05, 3.63) is 44.8 Å². The fourth-order valence-corrected chi connectivity index (χ4v) is 4.47. The molecular weight excluding hydrogens is 374 g/mol. The Morgan fingerprint density at radius 3 is 2.64 bits per heavy atom. The number of hydrogen-bond donors (Lipinski definition) is 1. The van der Waals surface area contributed by atoms with Crippen molar-refractivity contribution in [2.45, 2.75) is 46.6 Å². The zero-order valence-electron chi connectivity index (χ0n) is 16.8. The number of nitrogens with two attached hydrogens (primary N) is 1. The SMILES string of the molecule is COc1ccc(C)cc1-c1c(C)sc2nc(C(C)C)n(CCC(N)=O)c(=O)c12. The number of fused-ring (bicyclic) bond motifs is 1. The molecule has 0 aliphatic rings. The molecule has 0 radical (unpaired) electrons. The highest BCUT2D eigenvalue weighted by atomic mass is 32.1. The van der Waals surface area contributed by atoms with E-state index < -0.39 is 5.91 Å². The van der Waals surface area contributed by atoms with Gasteiger partial charge in [-0.05, 0) is 26.0 Å². The molecule has 6 nitrogen and oxygen atoms in total. The lowest BCUT2D eigenvalue weighted by atomic mass is 10.0. The smallest absolute Gasteiger partial charge is 0.262 e. The van der Waals surface area contributed by atoms with Crippen LogP contribution in [0.25, 0.3) is 21.3 Å². The van der Waals surface area contributed by atoms with Crippen LogP contribution in [-0.4, -0.2) is 22.6 Å². The first-order valence-corrected chi connectivity index (χ1v) is 10.0. The molecule has 2 aromatic heterocycles. The van der Waals surface area contributed by atoms with Crippen LogP contribution in [0.2, 0.25) is 0 Å². The van der Waals surface area contributed by atoms with Crippen molar-refractivity contribution in [1.82, 2.24) is 9.55 Å². The Morgan fingerprint density at radius 2 is 2.04 bits per heavy atom. The van der Waals surface area contributed by atoms with Crippen molar-refractivity contribution >= 4 is 27.5 Å². The quantitative estimate of drug-likeness (QED) is 0.684. The van der Waals surface area contributed by atoms with Gasteiger partial charge >= 0.3 is 0 Å². The lowest BCUT2D eigenvalue weighted by Gasteiger charge is -2.15. The predicted molar refractivity (Wildman–Crippen MR) is 113 cm³/mol. The number of rotatable bonds is 6. The zero-order chi connectivity index (χ0) is 20.6. The maximum atomic E-state index is 13.5. The van der Waals surface area contributed by atoms with Crippen LogP contribution >= 0.6 is 11.3 Å². The molecule has 1 aromatic carbocycles. The van der Waals surface area contributed by atoms with E-state index in [1.54, 1.807) is 11.7 Å². The molecular formula is C21H25N3O3S. The van der Waals surface area contributed by atoms with E-state index in [2.05, 4.69) is 0 Å². The molecule has 7 heteroatoms. The second kappa shape index (κ2) is 7.75. The number of amides is 1. The molecule has 0 aliphatic heterocycles. The summed E-state index contributed by atoms with van der Waals surface area (Å²) >= 11 is 1.51. The highest BCUT2D eigenvalue weighted by molar-refractivity contribution is 7.19. The average Bonchev–Trinajstić information content (AvgIpc) is 2.96. The van der Waals surface area contributed by atoms with Crippen molar-refractivity contribution in [2.24, 2.45) is 5.73 Å². The van der Waals surface area contributed by atoms with Gasteiger partial charge in [0.15, 0.2) is 0 Å². The van der Waals surface area contributed by atoms with E-state index in [9.17, 15) is 9.59 Å².